The largest absolute Gasteiger partial charge is 0.489 e. The monoisotopic (exact) mass is 558 g/mol. The molecule has 1 heterocycles. The standard InChI is InChI=1S/C30H30N4O5S/c1-3-37-29(36)27-20(2)32-30(40)33-28(27)24-11-7-8-12-25(24)39-19-26(35)34-31-17-21-13-15-23(16-14-21)38-18-22-9-5-4-6-10-22/h4-17,28H,3,18-19H2,1-2H3,(H,34,35)(H2,32,33,40)/t28-/m1/s1. The van der Waals surface area contributed by atoms with E-state index < -0.39 is 17.9 Å². The Morgan fingerprint density at radius 3 is 2.48 bits per heavy atom. The lowest BCUT2D eigenvalue weighted by molar-refractivity contribution is -0.139. The summed E-state index contributed by atoms with van der Waals surface area (Å²) in [6, 6.07) is 23.8. The first-order valence-corrected chi connectivity index (χ1v) is 13.1. The molecule has 3 aromatic rings. The Morgan fingerprint density at radius 2 is 1.73 bits per heavy atom. The van der Waals surface area contributed by atoms with Crippen molar-refractivity contribution in [1.82, 2.24) is 16.1 Å². The molecule has 4 rings (SSSR count). The molecule has 0 saturated heterocycles. The molecule has 0 fully saturated rings. The number of hydrogen-bond acceptors (Lipinski definition) is 7. The molecule has 40 heavy (non-hydrogen) atoms. The highest BCUT2D eigenvalue weighted by Gasteiger charge is 2.32. The van der Waals surface area contributed by atoms with Crippen LogP contribution in [0, 0.1) is 0 Å². The SMILES string of the molecule is CCOC(=O)C1=C(C)NC(=S)N[C@@H]1c1ccccc1OCC(=O)NN=Cc1ccc(OCc2ccccc2)cc1. The zero-order valence-electron chi connectivity index (χ0n) is 22.2. The van der Waals surface area contributed by atoms with Crippen LogP contribution in [-0.2, 0) is 20.9 Å². The quantitative estimate of drug-likeness (QED) is 0.139. The minimum atomic E-state index is -0.607. The Hall–Kier alpha value is -4.70. The Bertz CT molecular complexity index is 1410. The van der Waals surface area contributed by atoms with E-state index in [1.807, 2.05) is 60.7 Å². The molecular weight excluding hydrogens is 528 g/mol. The fraction of sp³-hybridized carbons (Fsp3) is 0.200. The molecule has 10 heteroatoms. The number of ether oxygens (including phenoxy) is 3. The van der Waals surface area contributed by atoms with Crippen LogP contribution >= 0.6 is 12.2 Å². The van der Waals surface area contributed by atoms with Gasteiger partial charge in [-0.05, 0) is 67.5 Å². The molecule has 0 radical (unpaired) electrons. The summed E-state index contributed by atoms with van der Waals surface area (Å²) in [6.07, 6.45) is 1.53. The Balaban J connectivity index is 1.33. The Labute approximate surface area is 238 Å². The zero-order chi connectivity index (χ0) is 28.3. The molecular formula is C30H30N4O5S. The summed E-state index contributed by atoms with van der Waals surface area (Å²) in [5.41, 5.74) is 5.95. The van der Waals surface area contributed by atoms with Crippen molar-refractivity contribution in [2.45, 2.75) is 26.5 Å². The molecule has 1 atom stereocenters. The van der Waals surface area contributed by atoms with E-state index in [9.17, 15) is 9.59 Å². The van der Waals surface area contributed by atoms with Gasteiger partial charge in [0.2, 0.25) is 0 Å². The topological polar surface area (TPSA) is 110 Å². The predicted molar refractivity (Wildman–Crippen MR) is 156 cm³/mol. The molecule has 1 aliphatic rings. The molecule has 206 valence electrons. The van der Waals surface area contributed by atoms with E-state index in [2.05, 4.69) is 21.2 Å². The van der Waals surface area contributed by atoms with Gasteiger partial charge in [-0.3, -0.25) is 4.79 Å². The first kappa shape index (κ1) is 28.3. The number of amides is 1. The van der Waals surface area contributed by atoms with Crippen LogP contribution in [-0.4, -0.2) is 36.4 Å². The zero-order valence-corrected chi connectivity index (χ0v) is 23.0. The van der Waals surface area contributed by atoms with Crippen LogP contribution in [0.5, 0.6) is 11.5 Å². The molecule has 9 nitrogen and oxygen atoms in total. The van der Waals surface area contributed by atoms with Crippen LogP contribution in [0.3, 0.4) is 0 Å². The van der Waals surface area contributed by atoms with Crippen molar-refractivity contribution < 1.29 is 23.8 Å². The Kier molecular flexibility index (Phi) is 9.84. The van der Waals surface area contributed by atoms with Gasteiger partial charge in [-0.15, -0.1) is 0 Å². The third-order valence-corrected chi connectivity index (χ3v) is 6.10. The fourth-order valence-corrected chi connectivity index (χ4v) is 4.27. The molecule has 0 bridgehead atoms. The van der Waals surface area contributed by atoms with Crippen molar-refractivity contribution in [2.75, 3.05) is 13.2 Å². The third-order valence-electron chi connectivity index (χ3n) is 5.88. The fourth-order valence-electron chi connectivity index (χ4n) is 4.00. The van der Waals surface area contributed by atoms with Crippen LogP contribution in [0.2, 0.25) is 0 Å². The highest BCUT2D eigenvalue weighted by Crippen LogP contribution is 2.33. The maximum Gasteiger partial charge on any atom is 0.338 e. The second-order valence-electron chi connectivity index (χ2n) is 8.75. The number of carbonyl (C=O) groups is 2. The third kappa shape index (κ3) is 7.67. The highest BCUT2D eigenvalue weighted by atomic mass is 32.1. The molecule has 0 aromatic heterocycles. The van der Waals surface area contributed by atoms with Crippen LogP contribution in [0.1, 0.15) is 36.6 Å². The van der Waals surface area contributed by atoms with Crippen molar-refractivity contribution >= 4 is 35.4 Å². The molecule has 0 saturated carbocycles. The number of hydrazone groups is 1. The van der Waals surface area contributed by atoms with Gasteiger partial charge in [0.25, 0.3) is 5.91 Å². The van der Waals surface area contributed by atoms with Gasteiger partial charge >= 0.3 is 5.97 Å². The normalized spacial score (nSPS) is 14.8. The van der Waals surface area contributed by atoms with E-state index in [0.29, 0.717) is 34.3 Å². The number of esters is 1. The van der Waals surface area contributed by atoms with E-state index in [0.717, 1.165) is 16.9 Å². The highest BCUT2D eigenvalue weighted by molar-refractivity contribution is 7.80. The van der Waals surface area contributed by atoms with Gasteiger partial charge in [0.05, 0.1) is 24.4 Å². The Morgan fingerprint density at radius 1 is 1.00 bits per heavy atom. The van der Waals surface area contributed by atoms with Gasteiger partial charge < -0.3 is 24.8 Å². The number of nitrogens with one attached hydrogen (secondary N) is 3. The minimum Gasteiger partial charge on any atom is -0.489 e. The first-order valence-electron chi connectivity index (χ1n) is 12.7. The number of carbonyl (C=O) groups excluding carboxylic acids is 2. The molecule has 1 amide bonds. The summed E-state index contributed by atoms with van der Waals surface area (Å²) in [5.74, 6) is 0.243. The summed E-state index contributed by atoms with van der Waals surface area (Å²) >= 11 is 5.31. The molecule has 1 aliphatic heterocycles. The van der Waals surface area contributed by atoms with Gasteiger partial charge in [-0.2, -0.15) is 5.10 Å². The van der Waals surface area contributed by atoms with Crippen molar-refractivity contribution in [2.24, 2.45) is 5.10 Å². The van der Waals surface area contributed by atoms with Crippen LogP contribution in [0.25, 0.3) is 0 Å². The number of benzene rings is 3. The van der Waals surface area contributed by atoms with E-state index in [1.165, 1.54) is 6.21 Å². The lowest BCUT2D eigenvalue weighted by atomic mass is 9.95. The van der Waals surface area contributed by atoms with Crippen molar-refractivity contribution in [3.8, 4) is 11.5 Å². The van der Waals surface area contributed by atoms with Crippen LogP contribution in [0.4, 0.5) is 0 Å². The van der Waals surface area contributed by atoms with Gasteiger partial charge in [-0.1, -0.05) is 48.5 Å². The lowest BCUT2D eigenvalue weighted by Crippen LogP contribution is -2.45. The molecule has 3 N–H and O–H groups in total. The summed E-state index contributed by atoms with van der Waals surface area (Å²) in [5, 5.41) is 10.4. The predicted octanol–water partition coefficient (Wildman–Crippen LogP) is 4.15. The smallest absolute Gasteiger partial charge is 0.338 e. The first-order chi connectivity index (χ1) is 19.4. The van der Waals surface area contributed by atoms with E-state index >= 15 is 0 Å². The molecule has 3 aromatic carbocycles. The summed E-state index contributed by atoms with van der Waals surface area (Å²) in [7, 11) is 0. The molecule has 0 aliphatic carbocycles. The van der Waals surface area contributed by atoms with Crippen molar-refractivity contribution in [1.29, 1.82) is 0 Å². The van der Waals surface area contributed by atoms with E-state index in [-0.39, 0.29) is 13.2 Å². The van der Waals surface area contributed by atoms with E-state index in [1.54, 1.807) is 32.0 Å². The number of thiocarbonyl (C=S) groups is 1. The second kappa shape index (κ2) is 13.9. The number of allylic oxidation sites excluding steroid dienone is 1. The average Bonchev–Trinajstić information content (AvgIpc) is 2.96. The summed E-state index contributed by atoms with van der Waals surface area (Å²) < 4.78 is 16.8. The average molecular weight is 559 g/mol. The number of rotatable bonds is 11. The van der Waals surface area contributed by atoms with Crippen molar-refractivity contribution in [3.63, 3.8) is 0 Å². The second-order valence-corrected chi connectivity index (χ2v) is 9.16. The molecule has 0 spiro atoms. The van der Waals surface area contributed by atoms with Gasteiger partial charge in [0.1, 0.15) is 18.1 Å². The lowest BCUT2D eigenvalue weighted by Gasteiger charge is -2.30. The minimum absolute atomic E-state index is 0.234. The van der Waals surface area contributed by atoms with Crippen LogP contribution in [0.15, 0.2) is 95.2 Å². The van der Waals surface area contributed by atoms with Crippen molar-refractivity contribution in [3.05, 3.63) is 107 Å². The number of nitrogens with zero attached hydrogens (tertiary/aromatic N) is 1. The van der Waals surface area contributed by atoms with Gasteiger partial charge in [-0.25, -0.2) is 10.2 Å². The molecule has 0 unspecified atom stereocenters. The van der Waals surface area contributed by atoms with Crippen LogP contribution < -0.4 is 25.5 Å². The number of para-hydroxylation sites is 1. The maximum atomic E-state index is 12.7. The summed E-state index contributed by atoms with van der Waals surface area (Å²) in [6.45, 7) is 3.93. The number of hydrogen-bond donors (Lipinski definition) is 3. The van der Waals surface area contributed by atoms with Gasteiger partial charge in [0.15, 0.2) is 11.7 Å². The van der Waals surface area contributed by atoms with E-state index in [4.69, 9.17) is 26.4 Å². The maximum absolute atomic E-state index is 12.7. The van der Waals surface area contributed by atoms with Gasteiger partial charge in [0, 0.05) is 11.3 Å². The summed E-state index contributed by atoms with van der Waals surface area (Å²) in [4.78, 5) is 25.1.